The average Bonchev–Trinajstić information content (AvgIpc) is 2.18. The summed E-state index contributed by atoms with van der Waals surface area (Å²) in [6.07, 6.45) is 0. The lowest BCUT2D eigenvalue weighted by Crippen LogP contribution is -2.34. The first-order valence-electron chi connectivity index (χ1n) is 5.06. The van der Waals surface area contributed by atoms with Crippen molar-refractivity contribution in [3.8, 4) is 0 Å². The molecule has 0 aliphatic rings. The molecule has 84 valence electrons. The van der Waals surface area contributed by atoms with Gasteiger partial charge < -0.3 is 4.90 Å². The summed E-state index contributed by atoms with van der Waals surface area (Å²) in [5.41, 5.74) is 1.79. The standard InChI is InChI=1S/C10H17ClN4/c1-7(2)15(6-5-11)10-12-8(3)9(4)13-14-10/h7H,5-6H2,1-4H3. The molecule has 0 fully saturated rings. The van der Waals surface area contributed by atoms with E-state index in [2.05, 4.69) is 29.0 Å². The van der Waals surface area contributed by atoms with Gasteiger partial charge >= 0.3 is 0 Å². The van der Waals surface area contributed by atoms with Gasteiger partial charge in [-0.3, -0.25) is 0 Å². The van der Waals surface area contributed by atoms with Crippen LogP contribution in [-0.2, 0) is 0 Å². The fourth-order valence-corrected chi connectivity index (χ4v) is 1.43. The van der Waals surface area contributed by atoms with Gasteiger partial charge in [-0.1, -0.05) is 0 Å². The van der Waals surface area contributed by atoms with Crippen LogP contribution in [0.15, 0.2) is 0 Å². The predicted molar refractivity (Wildman–Crippen MR) is 62.5 cm³/mol. The lowest BCUT2D eigenvalue weighted by atomic mass is 10.3. The Balaban J connectivity index is 2.95. The van der Waals surface area contributed by atoms with E-state index in [1.807, 2.05) is 18.7 Å². The number of alkyl halides is 1. The molecule has 0 unspecified atom stereocenters. The van der Waals surface area contributed by atoms with Gasteiger partial charge in [0.15, 0.2) is 0 Å². The van der Waals surface area contributed by atoms with Gasteiger partial charge in [-0.05, 0) is 27.7 Å². The topological polar surface area (TPSA) is 41.9 Å². The average molecular weight is 229 g/mol. The second-order valence-corrected chi connectivity index (χ2v) is 4.14. The van der Waals surface area contributed by atoms with Crippen molar-refractivity contribution in [2.75, 3.05) is 17.3 Å². The third-order valence-corrected chi connectivity index (χ3v) is 2.46. The normalized spacial score (nSPS) is 10.8. The van der Waals surface area contributed by atoms with Crippen molar-refractivity contribution in [3.63, 3.8) is 0 Å². The summed E-state index contributed by atoms with van der Waals surface area (Å²) in [6, 6.07) is 0.327. The van der Waals surface area contributed by atoms with Gasteiger partial charge in [0.05, 0.1) is 11.4 Å². The number of anilines is 1. The van der Waals surface area contributed by atoms with Crippen LogP contribution < -0.4 is 4.90 Å². The Bertz CT molecular complexity index is 327. The van der Waals surface area contributed by atoms with Crippen molar-refractivity contribution in [1.29, 1.82) is 0 Å². The molecule has 0 bridgehead atoms. The van der Waals surface area contributed by atoms with Crippen LogP contribution in [0.5, 0.6) is 0 Å². The first-order chi connectivity index (χ1) is 7.06. The highest BCUT2D eigenvalue weighted by atomic mass is 35.5. The molecule has 4 nitrogen and oxygen atoms in total. The van der Waals surface area contributed by atoms with Crippen LogP contribution in [0.4, 0.5) is 5.95 Å². The van der Waals surface area contributed by atoms with E-state index in [9.17, 15) is 0 Å². The number of aryl methyl sites for hydroxylation is 2. The monoisotopic (exact) mass is 228 g/mol. The number of hydrogen-bond donors (Lipinski definition) is 0. The number of rotatable bonds is 4. The molecule has 15 heavy (non-hydrogen) atoms. The first-order valence-corrected chi connectivity index (χ1v) is 5.60. The largest absolute Gasteiger partial charge is 0.336 e. The van der Waals surface area contributed by atoms with Crippen LogP contribution in [0, 0.1) is 13.8 Å². The first kappa shape index (κ1) is 12.2. The van der Waals surface area contributed by atoms with Crippen molar-refractivity contribution >= 4 is 17.5 Å². The Morgan fingerprint density at radius 3 is 2.33 bits per heavy atom. The number of hydrogen-bond acceptors (Lipinski definition) is 4. The molecule has 1 aromatic heterocycles. The van der Waals surface area contributed by atoms with Crippen LogP contribution in [0.25, 0.3) is 0 Å². The zero-order valence-corrected chi connectivity index (χ0v) is 10.4. The van der Waals surface area contributed by atoms with Crippen LogP contribution in [0.1, 0.15) is 25.2 Å². The molecule has 0 saturated carbocycles. The second-order valence-electron chi connectivity index (χ2n) is 3.76. The fraction of sp³-hybridized carbons (Fsp3) is 0.700. The lowest BCUT2D eigenvalue weighted by Gasteiger charge is -2.25. The molecular formula is C10H17ClN4. The fourth-order valence-electron chi connectivity index (χ4n) is 1.25. The molecular weight excluding hydrogens is 212 g/mol. The quantitative estimate of drug-likeness (QED) is 0.739. The summed E-state index contributed by atoms with van der Waals surface area (Å²) in [7, 11) is 0. The minimum Gasteiger partial charge on any atom is -0.336 e. The molecule has 1 heterocycles. The van der Waals surface area contributed by atoms with Crippen LogP contribution in [-0.4, -0.2) is 33.6 Å². The van der Waals surface area contributed by atoms with E-state index in [4.69, 9.17) is 11.6 Å². The zero-order chi connectivity index (χ0) is 11.4. The summed E-state index contributed by atoms with van der Waals surface area (Å²) in [6.45, 7) is 8.76. The third-order valence-electron chi connectivity index (χ3n) is 2.29. The Kier molecular flexibility index (Phi) is 4.27. The molecule has 0 atom stereocenters. The van der Waals surface area contributed by atoms with Gasteiger partial charge in [-0.2, -0.15) is 5.10 Å². The zero-order valence-electron chi connectivity index (χ0n) is 9.66. The summed E-state index contributed by atoms with van der Waals surface area (Å²) >= 11 is 5.74. The predicted octanol–water partition coefficient (Wildman–Crippen LogP) is 1.94. The Morgan fingerprint density at radius 2 is 1.87 bits per heavy atom. The SMILES string of the molecule is Cc1nnc(N(CCCl)C(C)C)nc1C. The molecule has 0 aliphatic heterocycles. The van der Waals surface area contributed by atoms with E-state index in [1.54, 1.807) is 0 Å². The van der Waals surface area contributed by atoms with Gasteiger partial charge in [-0.15, -0.1) is 16.7 Å². The smallest absolute Gasteiger partial charge is 0.245 e. The second kappa shape index (κ2) is 5.26. The van der Waals surface area contributed by atoms with Crippen molar-refractivity contribution in [2.24, 2.45) is 0 Å². The highest BCUT2D eigenvalue weighted by Gasteiger charge is 2.13. The van der Waals surface area contributed by atoms with E-state index in [0.717, 1.165) is 17.9 Å². The maximum atomic E-state index is 5.74. The minimum absolute atomic E-state index is 0.327. The maximum absolute atomic E-state index is 5.74. The molecule has 0 amide bonds. The van der Waals surface area contributed by atoms with Gasteiger partial charge in [0.2, 0.25) is 5.95 Å². The summed E-state index contributed by atoms with van der Waals surface area (Å²) in [4.78, 5) is 6.45. The van der Waals surface area contributed by atoms with Crippen molar-refractivity contribution in [1.82, 2.24) is 15.2 Å². The molecule has 0 aromatic carbocycles. The maximum Gasteiger partial charge on any atom is 0.245 e. The highest BCUT2D eigenvalue weighted by molar-refractivity contribution is 6.18. The van der Waals surface area contributed by atoms with E-state index in [1.165, 1.54) is 0 Å². The van der Waals surface area contributed by atoms with E-state index < -0.39 is 0 Å². The van der Waals surface area contributed by atoms with Crippen molar-refractivity contribution in [2.45, 2.75) is 33.7 Å². The lowest BCUT2D eigenvalue weighted by molar-refractivity contribution is 0.668. The van der Waals surface area contributed by atoms with Crippen LogP contribution >= 0.6 is 11.6 Å². The van der Waals surface area contributed by atoms with Crippen LogP contribution in [0.2, 0.25) is 0 Å². The molecule has 0 spiro atoms. The third kappa shape index (κ3) is 3.02. The van der Waals surface area contributed by atoms with Crippen molar-refractivity contribution < 1.29 is 0 Å². The van der Waals surface area contributed by atoms with Gasteiger partial charge in [0.1, 0.15) is 0 Å². The minimum atomic E-state index is 0.327. The molecule has 5 heteroatoms. The molecule has 1 aromatic rings. The number of nitrogens with zero attached hydrogens (tertiary/aromatic N) is 4. The summed E-state index contributed by atoms with van der Waals surface area (Å²) in [5, 5.41) is 8.15. The number of halogens is 1. The molecule has 1 rings (SSSR count). The molecule has 0 saturated heterocycles. The molecule has 0 aliphatic carbocycles. The Hall–Kier alpha value is -0.900. The summed E-state index contributed by atoms with van der Waals surface area (Å²) in [5.74, 6) is 1.22. The van der Waals surface area contributed by atoms with E-state index in [-0.39, 0.29) is 0 Å². The molecule has 0 N–H and O–H groups in total. The van der Waals surface area contributed by atoms with Crippen LogP contribution in [0.3, 0.4) is 0 Å². The summed E-state index contributed by atoms with van der Waals surface area (Å²) < 4.78 is 0. The van der Waals surface area contributed by atoms with Gasteiger partial charge in [0, 0.05) is 18.5 Å². The highest BCUT2D eigenvalue weighted by Crippen LogP contribution is 2.11. The van der Waals surface area contributed by atoms with Gasteiger partial charge in [0.25, 0.3) is 0 Å². The van der Waals surface area contributed by atoms with Gasteiger partial charge in [-0.25, -0.2) is 4.98 Å². The Labute approximate surface area is 95.7 Å². The van der Waals surface area contributed by atoms with E-state index >= 15 is 0 Å². The van der Waals surface area contributed by atoms with E-state index in [0.29, 0.717) is 17.9 Å². The van der Waals surface area contributed by atoms with Crippen molar-refractivity contribution in [3.05, 3.63) is 11.4 Å². The molecule has 0 radical (unpaired) electrons. The number of aromatic nitrogens is 3. The Morgan fingerprint density at radius 1 is 1.20 bits per heavy atom.